The Labute approximate surface area is 140 Å². The van der Waals surface area contributed by atoms with Gasteiger partial charge < -0.3 is 5.32 Å². The number of hydrogen-bond acceptors (Lipinski definition) is 2. The lowest BCUT2D eigenvalue weighted by Crippen LogP contribution is -2.28. The molecule has 0 fully saturated rings. The normalized spacial score (nSPS) is 13.9. The van der Waals surface area contributed by atoms with Gasteiger partial charge in [0.05, 0.1) is 5.71 Å². The Balaban J connectivity index is 1.74. The average Bonchev–Trinajstić information content (AvgIpc) is 2.99. The number of nitrogens with zero attached hydrogens (tertiary/aromatic N) is 2. The molecule has 1 aliphatic heterocycles. The Kier molecular flexibility index (Phi) is 4.41. The van der Waals surface area contributed by atoms with Crippen LogP contribution in [-0.2, 0) is 0 Å². The van der Waals surface area contributed by atoms with E-state index in [1.807, 2.05) is 47.5 Å². The zero-order valence-electron chi connectivity index (χ0n) is 12.2. The maximum absolute atomic E-state index is 6.04. The van der Waals surface area contributed by atoms with Gasteiger partial charge in [-0.15, -0.1) is 0 Å². The van der Waals surface area contributed by atoms with Crippen LogP contribution in [0, 0.1) is 6.92 Å². The summed E-state index contributed by atoms with van der Waals surface area (Å²) in [6.07, 6.45) is 0.857. The topological polar surface area (TPSA) is 27.6 Å². The molecule has 3 rings (SSSR count). The van der Waals surface area contributed by atoms with Crippen molar-refractivity contribution in [3.63, 3.8) is 0 Å². The first-order chi connectivity index (χ1) is 10.6. The second kappa shape index (κ2) is 6.46. The molecular formula is C17H16ClN3S. The van der Waals surface area contributed by atoms with Crippen molar-refractivity contribution in [3.05, 3.63) is 64.7 Å². The van der Waals surface area contributed by atoms with Crippen LogP contribution in [0.1, 0.15) is 17.5 Å². The predicted octanol–water partition coefficient (Wildman–Crippen LogP) is 4.46. The van der Waals surface area contributed by atoms with Crippen molar-refractivity contribution in [2.24, 2.45) is 5.10 Å². The van der Waals surface area contributed by atoms with Crippen molar-refractivity contribution in [3.8, 4) is 0 Å². The van der Waals surface area contributed by atoms with E-state index in [1.165, 1.54) is 0 Å². The van der Waals surface area contributed by atoms with E-state index in [-0.39, 0.29) is 0 Å². The molecule has 22 heavy (non-hydrogen) atoms. The zero-order chi connectivity index (χ0) is 15.5. The fraction of sp³-hybridized carbons (Fsp3) is 0.176. The van der Waals surface area contributed by atoms with Gasteiger partial charge in [0.25, 0.3) is 0 Å². The highest BCUT2D eigenvalue weighted by molar-refractivity contribution is 7.80. The largest absolute Gasteiger partial charge is 0.331 e. The van der Waals surface area contributed by atoms with Gasteiger partial charge in [0.1, 0.15) is 0 Å². The summed E-state index contributed by atoms with van der Waals surface area (Å²) < 4.78 is 0. The molecule has 112 valence electrons. The lowest BCUT2D eigenvalue weighted by molar-refractivity contribution is 0.499. The predicted molar refractivity (Wildman–Crippen MR) is 96.7 cm³/mol. The molecule has 0 aliphatic carbocycles. The summed E-state index contributed by atoms with van der Waals surface area (Å²) >= 11 is 11.5. The van der Waals surface area contributed by atoms with Crippen LogP contribution in [0.2, 0.25) is 5.02 Å². The van der Waals surface area contributed by atoms with E-state index in [9.17, 15) is 0 Å². The maximum Gasteiger partial charge on any atom is 0.194 e. The van der Waals surface area contributed by atoms with E-state index >= 15 is 0 Å². The summed E-state index contributed by atoms with van der Waals surface area (Å²) in [5.74, 6) is 0. The van der Waals surface area contributed by atoms with Gasteiger partial charge >= 0.3 is 0 Å². The Morgan fingerprint density at radius 1 is 1.23 bits per heavy atom. The Morgan fingerprint density at radius 3 is 2.82 bits per heavy atom. The van der Waals surface area contributed by atoms with Crippen molar-refractivity contribution < 1.29 is 0 Å². The fourth-order valence-corrected chi connectivity index (χ4v) is 2.80. The van der Waals surface area contributed by atoms with Crippen LogP contribution in [0.15, 0.2) is 53.6 Å². The molecule has 0 atom stereocenters. The fourth-order valence-electron chi connectivity index (χ4n) is 2.37. The molecule has 0 radical (unpaired) electrons. The standard InChI is InChI=1S/C17H16ClN3S/c1-12-5-2-3-8-15(12)19-17(22)21-10-9-16(20-21)13-6-4-7-14(18)11-13/h2-8,11H,9-10H2,1H3,(H,19,22). The van der Waals surface area contributed by atoms with Gasteiger partial charge in [0.15, 0.2) is 5.11 Å². The summed E-state index contributed by atoms with van der Waals surface area (Å²) in [5, 5.41) is 11.0. The minimum absolute atomic E-state index is 0.617. The first-order valence-electron chi connectivity index (χ1n) is 7.11. The minimum atomic E-state index is 0.617. The number of hydrazone groups is 1. The highest BCUT2D eigenvalue weighted by Crippen LogP contribution is 2.19. The lowest BCUT2D eigenvalue weighted by Gasteiger charge is -2.17. The SMILES string of the molecule is Cc1ccccc1NC(=S)N1CCC(c2cccc(Cl)c2)=N1. The number of anilines is 1. The van der Waals surface area contributed by atoms with Crippen LogP contribution in [0.5, 0.6) is 0 Å². The van der Waals surface area contributed by atoms with Crippen LogP contribution in [-0.4, -0.2) is 22.4 Å². The molecule has 0 aromatic heterocycles. The average molecular weight is 330 g/mol. The maximum atomic E-state index is 6.04. The van der Waals surface area contributed by atoms with Gasteiger partial charge in [-0.3, -0.25) is 0 Å². The summed E-state index contributed by atoms with van der Waals surface area (Å²) in [7, 11) is 0. The second-order valence-electron chi connectivity index (χ2n) is 5.18. The smallest absolute Gasteiger partial charge is 0.194 e. The van der Waals surface area contributed by atoms with Gasteiger partial charge in [0.2, 0.25) is 0 Å². The zero-order valence-corrected chi connectivity index (χ0v) is 13.8. The summed E-state index contributed by atoms with van der Waals surface area (Å²) in [4.78, 5) is 0. The number of halogens is 1. The van der Waals surface area contributed by atoms with E-state index in [2.05, 4.69) is 23.4 Å². The highest BCUT2D eigenvalue weighted by atomic mass is 35.5. The minimum Gasteiger partial charge on any atom is -0.331 e. The molecule has 0 amide bonds. The van der Waals surface area contributed by atoms with Crippen molar-refractivity contribution in [1.29, 1.82) is 0 Å². The van der Waals surface area contributed by atoms with E-state index in [0.29, 0.717) is 5.11 Å². The molecule has 0 spiro atoms. The van der Waals surface area contributed by atoms with Gasteiger partial charge in [-0.1, -0.05) is 41.9 Å². The third-order valence-electron chi connectivity index (χ3n) is 3.58. The number of hydrogen-bond donors (Lipinski definition) is 1. The van der Waals surface area contributed by atoms with Crippen LogP contribution in [0.3, 0.4) is 0 Å². The van der Waals surface area contributed by atoms with Crippen LogP contribution < -0.4 is 5.32 Å². The third kappa shape index (κ3) is 3.29. The van der Waals surface area contributed by atoms with Gasteiger partial charge in [-0.05, 0) is 48.5 Å². The van der Waals surface area contributed by atoms with E-state index in [1.54, 1.807) is 0 Å². The molecule has 2 aromatic rings. The van der Waals surface area contributed by atoms with Crippen molar-refractivity contribution >= 4 is 40.3 Å². The highest BCUT2D eigenvalue weighted by Gasteiger charge is 2.19. The molecule has 2 aromatic carbocycles. The first kappa shape index (κ1) is 15.0. The van der Waals surface area contributed by atoms with E-state index in [0.717, 1.165) is 40.5 Å². The third-order valence-corrected chi connectivity index (χ3v) is 4.13. The Hall–Kier alpha value is -1.91. The van der Waals surface area contributed by atoms with Gasteiger partial charge in [-0.2, -0.15) is 5.10 Å². The number of thiocarbonyl (C=S) groups is 1. The second-order valence-corrected chi connectivity index (χ2v) is 6.00. The molecule has 3 nitrogen and oxygen atoms in total. The first-order valence-corrected chi connectivity index (χ1v) is 7.90. The molecular weight excluding hydrogens is 314 g/mol. The number of rotatable bonds is 2. The Morgan fingerprint density at radius 2 is 2.05 bits per heavy atom. The van der Waals surface area contributed by atoms with E-state index < -0.39 is 0 Å². The van der Waals surface area contributed by atoms with Crippen molar-refractivity contribution in [2.45, 2.75) is 13.3 Å². The van der Waals surface area contributed by atoms with Gasteiger partial charge in [-0.25, -0.2) is 5.01 Å². The molecule has 5 heteroatoms. The molecule has 0 bridgehead atoms. The molecule has 1 heterocycles. The summed E-state index contributed by atoms with van der Waals surface area (Å²) in [6, 6.07) is 15.8. The van der Waals surface area contributed by atoms with Crippen molar-refractivity contribution in [1.82, 2.24) is 5.01 Å². The quantitative estimate of drug-likeness (QED) is 0.825. The van der Waals surface area contributed by atoms with E-state index in [4.69, 9.17) is 23.8 Å². The molecule has 0 saturated carbocycles. The summed E-state index contributed by atoms with van der Waals surface area (Å²) in [6.45, 7) is 2.83. The molecule has 0 unspecified atom stereocenters. The molecule has 1 N–H and O–H groups in total. The van der Waals surface area contributed by atoms with Gasteiger partial charge in [0, 0.05) is 23.7 Å². The summed E-state index contributed by atoms with van der Waals surface area (Å²) in [5.41, 5.74) is 4.23. The number of nitrogens with one attached hydrogen (secondary N) is 1. The number of aryl methyl sites for hydroxylation is 1. The number of benzene rings is 2. The molecule has 1 aliphatic rings. The lowest BCUT2D eigenvalue weighted by atomic mass is 10.1. The number of para-hydroxylation sites is 1. The van der Waals surface area contributed by atoms with Crippen LogP contribution in [0.4, 0.5) is 5.69 Å². The monoisotopic (exact) mass is 329 g/mol. The van der Waals surface area contributed by atoms with Crippen LogP contribution >= 0.6 is 23.8 Å². The van der Waals surface area contributed by atoms with Crippen molar-refractivity contribution in [2.75, 3.05) is 11.9 Å². The Bertz CT molecular complexity index is 742. The molecule has 0 saturated heterocycles. The van der Waals surface area contributed by atoms with Crippen LogP contribution in [0.25, 0.3) is 0 Å².